The molecule has 1 atom stereocenters. The molecule has 1 fully saturated rings. The fraction of sp³-hybridized carbons (Fsp3) is 0.192. The third kappa shape index (κ3) is 4.87. The van der Waals surface area contributed by atoms with Crippen molar-refractivity contribution in [3.8, 4) is 11.3 Å². The Balaban J connectivity index is 1.46. The van der Waals surface area contributed by atoms with Crippen molar-refractivity contribution < 1.29 is 4.79 Å². The molecule has 7 nitrogen and oxygen atoms in total. The molecule has 1 amide bonds. The maximum atomic E-state index is 13.0. The average molecular weight is 437 g/mol. The van der Waals surface area contributed by atoms with Crippen molar-refractivity contribution in [2.24, 2.45) is 0 Å². The molecule has 1 N–H and O–H groups in total. The minimum Gasteiger partial charge on any atom is -0.340 e. The number of para-hydroxylation sites is 1. The van der Waals surface area contributed by atoms with Crippen LogP contribution in [-0.4, -0.2) is 43.8 Å². The SMILES string of the molecule is O=C(c1cccnc1)N1CCC[C@@H](c2nc(Nc3ccccc3)cc(-c3cccnc3)n2)C1. The van der Waals surface area contributed by atoms with E-state index in [9.17, 15) is 4.79 Å². The van der Waals surface area contributed by atoms with Gasteiger partial charge in [0.25, 0.3) is 5.91 Å². The Morgan fingerprint density at radius 3 is 2.52 bits per heavy atom. The summed E-state index contributed by atoms with van der Waals surface area (Å²) in [5.41, 5.74) is 3.30. The molecule has 0 aliphatic carbocycles. The van der Waals surface area contributed by atoms with Gasteiger partial charge < -0.3 is 10.2 Å². The number of carbonyl (C=O) groups is 1. The van der Waals surface area contributed by atoms with Crippen LogP contribution in [0.5, 0.6) is 0 Å². The van der Waals surface area contributed by atoms with Crippen molar-refractivity contribution in [3.05, 3.63) is 96.8 Å². The first-order valence-corrected chi connectivity index (χ1v) is 11.1. The second-order valence-corrected chi connectivity index (χ2v) is 8.06. The van der Waals surface area contributed by atoms with E-state index < -0.39 is 0 Å². The third-order valence-electron chi connectivity index (χ3n) is 5.73. The molecule has 1 aliphatic rings. The number of anilines is 2. The van der Waals surface area contributed by atoms with Gasteiger partial charge in [0, 0.05) is 61.1 Å². The zero-order valence-corrected chi connectivity index (χ0v) is 18.1. The van der Waals surface area contributed by atoms with Crippen molar-refractivity contribution >= 4 is 17.4 Å². The summed E-state index contributed by atoms with van der Waals surface area (Å²) in [5, 5.41) is 3.39. The number of pyridine rings is 2. The number of hydrogen-bond donors (Lipinski definition) is 1. The second kappa shape index (κ2) is 9.56. The van der Waals surface area contributed by atoms with Gasteiger partial charge in [0.05, 0.1) is 11.3 Å². The van der Waals surface area contributed by atoms with Gasteiger partial charge in [-0.25, -0.2) is 9.97 Å². The van der Waals surface area contributed by atoms with Gasteiger partial charge >= 0.3 is 0 Å². The molecular weight excluding hydrogens is 412 g/mol. The number of likely N-dealkylation sites (tertiary alicyclic amines) is 1. The van der Waals surface area contributed by atoms with Gasteiger partial charge in [0.2, 0.25) is 0 Å². The Bertz CT molecular complexity index is 1220. The summed E-state index contributed by atoms with van der Waals surface area (Å²) < 4.78 is 0. The Morgan fingerprint density at radius 2 is 1.76 bits per heavy atom. The van der Waals surface area contributed by atoms with Crippen LogP contribution < -0.4 is 5.32 Å². The zero-order valence-electron chi connectivity index (χ0n) is 18.1. The first-order valence-electron chi connectivity index (χ1n) is 11.1. The van der Waals surface area contributed by atoms with Gasteiger partial charge in [0.15, 0.2) is 0 Å². The van der Waals surface area contributed by atoms with E-state index in [-0.39, 0.29) is 11.8 Å². The molecule has 0 unspecified atom stereocenters. The van der Waals surface area contributed by atoms with Gasteiger partial charge in [-0.1, -0.05) is 18.2 Å². The standard InChI is InChI=1S/C26H24N6O/c33-26(20-8-5-13-28-17-20)32-14-6-9-21(18-32)25-30-23(19-7-4-12-27-16-19)15-24(31-25)29-22-10-2-1-3-11-22/h1-5,7-8,10-13,15-17,21H,6,9,14,18H2,(H,29,30,31)/t21-/m1/s1. The highest BCUT2D eigenvalue weighted by molar-refractivity contribution is 5.94. The van der Waals surface area contributed by atoms with E-state index in [1.807, 2.05) is 53.4 Å². The topological polar surface area (TPSA) is 83.9 Å². The van der Waals surface area contributed by atoms with Crippen LogP contribution in [0.3, 0.4) is 0 Å². The van der Waals surface area contributed by atoms with Crippen LogP contribution in [0.4, 0.5) is 11.5 Å². The second-order valence-electron chi connectivity index (χ2n) is 8.06. The molecular formula is C26H24N6O. The van der Waals surface area contributed by atoms with E-state index in [1.165, 1.54) is 0 Å². The van der Waals surface area contributed by atoms with Gasteiger partial charge in [-0.05, 0) is 49.2 Å². The molecule has 0 radical (unpaired) electrons. The van der Waals surface area contributed by atoms with E-state index >= 15 is 0 Å². The summed E-state index contributed by atoms with van der Waals surface area (Å²) in [6.07, 6.45) is 8.67. The lowest BCUT2D eigenvalue weighted by Crippen LogP contribution is -2.39. The molecule has 7 heteroatoms. The van der Waals surface area contributed by atoms with Crippen molar-refractivity contribution in [3.63, 3.8) is 0 Å². The fourth-order valence-corrected chi connectivity index (χ4v) is 4.09. The number of rotatable bonds is 5. The predicted octanol–water partition coefficient (Wildman–Crippen LogP) is 4.70. The molecule has 4 heterocycles. The summed E-state index contributed by atoms with van der Waals surface area (Å²) >= 11 is 0. The van der Waals surface area contributed by atoms with Crippen molar-refractivity contribution in [2.75, 3.05) is 18.4 Å². The van der Waals surface area contributed by atoms with Crippen molar-refractivity contribution in [1.82, 2.24) is 24.8 Å². The van der Waals surface area contributed by atoms with E-state index in [0.29, 0.717) is 12.1 Å². The Morgan fingerprint density at radius 1 is 0.939 bits per heavy atom. The van der Waals surface area contributed by atoms with Crippen LogP contribution >= 0.6 is 0 Å². The molecule has 5 rings (SSSR count). The van der Waals surface area contributed by atoms with E-state index in [2.05, 4.69) is 15.3 Å². The number of benzene rings is 1. The number of aromatic nitrogens is 4. The largest absolute Gasteiger partial charge is 0.340 e. The highest BCUT2D eigenvalue weighted by Gasteiger charge is 2.28. The van der Waals surface area contributed by atoms with Crippen LogP contribution in [0.1, 0.15) is 34.9 Å². The van der Waals surface area contributed by atoms with Gasteiger partial charge in [-0.2, -0.15) is 0 Å². The van der Waals surface area contributed by atoms with E-state index in [1.54, 1.807) is 36.9 Å². The highest BCUT2D eigenvalue weighted by atomic mass is 16.2. The quantitative estimate of drug-likeness (QED) is 0.488. The van der Waals surface area contributed by atoms with Crippen LogP contribution in [0, 0.1) is 0 Å². The Kier molecular flexibility index (Phi) is 6.01. The third-order valence-corrected chi connectivity index (χ3v) is 5.73. The average Bonchev–Trinajstić information content (AvgIpc) is 2.90. The lowest BCUT2D eigenvalue weighted by molar-refractivity contribution is 0.0704. The number of carbonyl (C=O) groups excluding carboxylic acids is 1. The number of nitrogens with zero attached hydrogens (tertiary/aromatic N) is 5. The van der Waals surface area contributed by atoms with E-state index in [4.69, 9.17) is 9.97 Å². The number of amides is 1. The van der Waals surface area contributed by atoms with Crippen LogP contribution in [0.15, 0.2) is 85.5 Å². The zero-order chi connectivity index (χ0) is 22.5. The van der Waals surface area contributed by atoms with Crippen LogP contribution in [0.2, 0.25) is 0 Å². The first-order chi connectivity index (χ1) is 16.3. The lowest BCUT2D eigenvalue weighted by Gasteiger charge is -2.32. The smallest absolute Gasteiger partial charge is 0.255 e. The molecule has 1 saturated heterocycles. The molecule has 3 aromatic heterocycles. The summed E-state index contributed by atoms with van der Waals surface area (Å²) in [5.74, 6) is 1.50. The van der Waals surface area contributed by atoms with E-state index in [0.717, 1.165) is 48.0 Å². The van der Waals surface area contributed by atoms with Gasteiger partial charge in [-0.15, -0.1) is 0 Å². The monoisotopic (exact) mass is 436 g/mol. The van der Waals surface area contributed by atoms with Gasteiger partial charge in [-0.3, -0.25) is 14.8 Å². The van der Waals surface area contributed by atoms with Crippen molar-refractivity contribution in [2.45, 2.75) is 18.8 Å². The highest BCUT2D eigenvalue weighted by Crippen LogP contribution is 2.29. The molecule has 4 aromatic rings. The maximum absolute atomic E-state index is 13.0. The first kappa shape index (κ1) is 20.8. The molecule has 0 spiro atoms. The molecule has 0 bridgehead atoms. The fourth-order valence-electron chi connectivity index (χ4n) is 4.09. The molecule has 0 saturated carbocycles. The van der Waals surface area contributed by atoms with Crippen LogP contribution in [0.25, 0.3) is 11.3 Å². The van der Waals surface area contributed by atoms with Crippen molar-refractivity contribution in [1.29, 1.82) is 0 Å². The summed E-state index contributed by atoms with van der Waals surface area (Å²) in [6, 6.07) is 19.4. The minimum absolute atomic E-state index is 0.00107. The predicted molar refractivity (Wildman–Crippen MR) is 127 cm³/mol. The summed E-state index contributed by atoms with van der Waals surface area (Å²) in [6.45, 7) is 1.30. The normalized spacial score (nSPS) is 15.8. The number of nitrogens with one attached hydrogen (secondary N) is 1. The molecule has 164 valence electrons. The summed E-state index contributed by atoms with van der Waals surface area (Å²) in [7, 11) is 0. The molecule has 1 aromatic carbocycles. The lowest BCUT2D eigenvalue weighted by atomic mass is 9.96. The number of piperidine rings is 1. The number of hydrogen-bond acceptors (Lipinski definition) is 6. The molecule has 33 heavy (non-hydrogen) atoms. The molecule has 1 aliphatic heterocycles. The Hall–Kier alpha value is -4.13. The minimum atomic E-state index is -0.00107. The summed E-state index contributed by atoms with van der Waals surface area (Å²) in [4.78, 5) is 33.0. The van der Waals surface area contributed by atoms with Crippen LogP contribution in [-0.2, 0) is 0 Å². The Labute approximate surface area is 192 Å². The maximum Gasteiger partial charge on any atom is 0.255 e. The van der Waals surface area contributed by atoms with Gasteiger partial charge in [0.1, 0.15) is 11.6 Å².